The molecule has 3 nitrogen and oxygen atoms in total. The van der Waals surface area contributed by atoms with Gasteiger partial charge in [-0.05, 0) is 30.4 Å². The second kappa shape index (κ2) is 4.19. The molecule has 16 heavy (non-hydrogen) atoms. The molecule has 0 aliphatic carbocycles. The summed E-state index contributed by atoms with van der Waals surface area (Å²) < 4.78 is 15.1. The molecule has 0 bridgehead atoms. The van der Waals surface area contributed by atoms with Crippen LogP contribution in [-0.2, 0) is 0 Å². The second-order valence-corrected chi connectivity index (χ2v) is 3.90. The summed E-state index contributed by atoms with van der Waals surface area (Å²) in [6, 6.07) is 5.49. The van der Waals surface area contributed by atoms with E-state index in [2.05, 4.69) is 4.98 Å². The lowest BCUT2D eigenvalue weighted by Crippen LogP contribution is -2.10. The first-order valence-corrected chi connectivity index (χ1v) is 5.14. The molecular formula is C10H6ClFN2OS. The topological polar surface area (TPSA) is 37.8 Å². The van der Waals surface area contributed by atoms with E-state index in [9.17, 15) is 9.18 Å². The van der Waals surface area contributed by atoms with Crippen molar-refractivity contribution in [2.24, 2.45) is 0 Å². The van der Waals surface area contributed by atoms with Crippen LogP contribution >= 0.6 is 23.8 Å². The number of benzene rings is 1. The van der Waals surface area contributed by atoms with Gasteiger partial charge in [-0.2, -0.15) is 0 Å². The van der Waals surface area contributed by atoms with Gasteiger partial charge in [0.15, 0.2) is 4.77 Å². The smallest absolute Gasteiger partial charge is 0.251 e. The summed E-state index contributed by atoms with van der Waals surface area (Å²) >= 11 is 10.6. The Morgan fingerprint density at radius 2 is 2.12 bits per heavy atom. The van der Waals surface area contributed by atoms with E-state index in [0.29, 0.717) is 5.02 Å². The van der Waals surface area contributed by atoms with E-state index in [1.807, 2.05) is 0 Å². The van der Waals surface area contributed by atoms with E-state index in [1.165, 1.54) is 29.0 Å². The molecule has 0 unspecified atom stereocenters. The number of halogens is 2. The Bertz CT molecular complexity index is 650. The molecule has 0 aliphatic heterocycles. The van der Waals surface area contributed by atoms with Crippen LogP contribution in [0.2, 0.25) is 5.02 Å². The lowest BCUT2D eigenvalue weighted by atomic mass is 10.3. The lowest BCUT2D eigenvalue weighted by Gasteiger charge is -2.07. The van der Waals surface area contributed by atoms with Gasteiger partial charge in [0.1, 0.15) is 5.82 Å². The average molecular weight is 257 g/mol. The molecule has 1 N–H and O–H groups in total. The summed E-state index contributed by atoms with van der Waals surface area (Å²) in [5.41, 5.74) is -0.0822. The number of aromatic amines is 1. The molecule has 82 valence electrons. The molecule has 1 aromatic carbocycles. The molecule has 0 saturated carbocycles. The van der Waals surface area contributed by atoms with E-state index in [0.717, 1.165) is 0 Å². The minimum Gasteiger partial charge on any atom is -0.299 e. The van der Waals surface area contributed by atoms with Gasteiger partial charge in [0.05, 0.1) is 5.69 Å². The summed E-state index contributed by atoms with van der Waals surface area (Å²) in [7, 11) is 0. The van der Waals surface area contributed by atoms with Crippen molar-refractivity contribution in [2.45, 2.75) is 0 Å². The summed E-state index contributed by atoms with van der Waals surface area (Å²) in [4.78, 5) is 13.4. The van der Waals surface area contributed by atoms with Crippen LogP contribution in [0, 0.1) is 10.6 Å². The minimum atomic E-state index is -0.504. The molecule has 1 heterocycles. The van der Waals surface area contributed by atoms with Gasteiger partial charge < -0.3 is 0 Å². The second-order valence-electron chi connectivity index (χ2n) is 3.08. The van der Waals surface area contributed by atoms with Crippen LogP contribution in [-0.4, -0.2) is 9.55 Å². The van der Waals surface area contributed by atoms with Crippen LogP contribution in [0.25, 0.3) is 5.69 Å². The van der Waals surface area contributed by atoms with Crippen molar-refractivity contribution in [3.8, 4) is 5.69 Å². The number of hydrogen-bond donors (Lipinski definition) is 1. The third kappa shape index (κ3) is 2.05. The molecular weight excluding hydrogens is 251 g/mol. The first kappa shape index (κ1) is 11.0. The van der Waals surface area contributed by atoms with Crippen molar-refractivity contribution in [1.29, 1.82) is 0 Å². The fourth-order valence-electron chi connectivity index (χ4n) is 1.28. The number of nitrogens with zero attached hydrogens (tertiary/aromatic N) is 1. The molecule has 2 rings (SSSR count). The fraction of sp³-hybridized carbons (Fsp3) is 0. The Balaban J connectivity index is 2.68. The lowest BCUT2D eigenvalue weighted by molar-refractivity contribution is 0.616. The maximum absolute atomic E-state index is 13.6. The van der Waals surface area contributed by atoms with Crippen molar-refractivity contribution < 1.29 is 4.39 Å². The number of nitrogens with one attached hydrogen (secondary N) is 1. The quantitative estimate of drug-likeness (QED) is 0.797. The fourth-order valence-corrected chi connectivity index (χ4v) is 1.70. The third-order valence-corrected chi connectivity index (χ3v) is 2.53. The van der Waals surface area contributed by atoms with Gasteiger partial charge in [0.2, 0.25) is 0 Å². The van der Waals surface area contributed by atoms with E-state index in [-0.39, 0.29) is 16.0 Å². The minimum absolute atomic E-state index is 0.133. The zero-order chi connectivity index (χ0) is 11.7. The van der Waals surface area contributed by atoms with Gasteiger partial charge in [-0.15, -0.1) is 0 Å². The molecule has 0 fully saturated rings. The van der Waals surface area contributed by atoms with Crippen LogP contribution in [0.5, 0.6) is 0 Å². The largest absolute Gasteiger partial charge is 0.299 e. The van der Waals surface area contributed by atoms with Gasteiger partial charge in [-0.3, -0.25) is 14.3 Å². The Labute approximate surface area is 100 Å². The Hall–Kier alpha value is -1.46. The van der Waals surface area contributed by atoms with Crippen LogP contribution in [0.3, 0.4) is 0 Å². The van der Waals surface area contributed by atoms with Crippen molar-refractivity contribution in [1.82, 2.24) is 9.55 Å². The van der Waals surface area contributed by atoms with Crippen molar-refractivity contribution in [3.63, 3.8) is 0 Å². The van der Waals surface area contributed by atoms with Crippen molar-refractivity contribution in [2.75, 3.05) is 0 Å². The Morgan fingerprint density at radius 1 is 1.38 bits per heavy atom. The van der Waals surface area contributed by atoms with Gasteiger partial charge in [0.25, 0.3) is 5.56 Å². The van der Waals surface area contributed by atoms with E-state index < -0.39 is 5.82 Å². The summed E-state index contributed by atoms with van der Waals surface area (Å²) in [5, 5.41) is 0.303. The Morgan fingerprint density at radius 3 is 2.75 bits per heavy atom. The van der Waals surface area contributed by atoms with Crippen molar-refractivity contribution in [3.05, 3.63) is 56.4 Å². The SMILES string of the molecule is O=c1ccn(-c2ccc(Cl)cc2F)c(=S)[nH]1. The van der Waals surface area contributed by atoms with Gasteiger partial charge in [-0.25, -0.2) is 4.39 Å². The Kier molecular flexibility index (Phi) is 2.89. The van der Waals surface area contributed by atoms with Crippen molar-refractivity contribution >= 4 is 23.8 Å². The molecule has 6 heteroatoms. The van der Waals surface area contributed by atoms with Gasteiger partial charge in [0, 0.05) is 17.3 Å². The molecule has 0 radical (unpaired) electrons. The molecule has 1 aromatic heterocycles. The summed E-state index contributed by atoms with van der Waals surface area (Å²) in [5.74, 6) is -0.504. The van der Waals surface area contributed by atoms with E-state index in [1.54, 1.807) is 6.07 Å². The molecule has 2 aromatic rings. The first-order valence-electron chi connectivity index (χ1n) is 4.35. The van der Waals surface area contributed by atoms with Gasteiger partial charge >= 0.3 is 0 Å². The maximum Gasteiger partial charge on any atom is 0.251 e. The molecule has 0 aliphatic rings. The summed E-state index contributed by atoms with van der Waals surface area (Å²) in [6.07, 6.45) is 1.41. The standard InChI is InChI=1S/C10H6ClFN2OS/c11-6-1-2-8(7(12)5-6)14-4-3-9(15)13-10(14)16/h1-5H,(H,13,15,16). The average Bonchev–Trinajstić information content (AvgIpc) is 2.19. The molecule has 0 saturated heterocycles. The number of aromatic nitrogens is 2. The number of H-pyrrole nitrogens is 1. The zero-order valence-corrected chi connectivity index (χ0v) is 9.48. The highest BCUT2D eigenvalue weighted by Gasteiger charge is 2.05. The summed E-state index contributed by atoms with van der Waals surface area (Å²) in [6.45, 7) is 0. The van der Waals surface area contributed by atoms with E-state index >= 15 is 0 Å². The van der Waals surface area contributed by atoms with Crippen LogP contribution in [0.4, 0.5) is 4.39 Å². The van der Waals surface area contributed by atoms with Crippen LogP contribution in [0.1, 0.15) is 0 Å². The molecule has 0 atom stereocenters. The first-order chi connectivity index (χ1) is 7.58. The molecule has 0 amide bonds. The highest BCUT2D eigenvalue weighted by molar-refractivity contribution is 7.71. The maximum atomic E-state index is 13.6. The normalized spacial score (nSPS) is 10.4. The molecule has 0 spiro atoms. The number of hydrogen-bond acceptors (Lipinski definition) is 2. The third-order valence-electron chi connectivity index (χ3n) is 1.99. The van der Waals surface area contributed by atoms with Gasteiger partial charge in [-0.1, -0.05) is 11.6 Å². The van der Waals surface area contributed by atoms with E-state index in [4.69, 9.17) is 23.8 Å². The highest BCUT2D eigenvalue weighted by atomic mass is 35.5. The number of rotatable bonds is 1. The van der Waals surface area contributed by atoms with Crippen LogP contribution in [0.15, 0.2) is 35.3 Å². The van der Waals surface area contributed by atoms with Crippen LogP contribution < -0.4 is 5.56 Å². The monoisotopic (exact) mass is 256 g/mol. The highest BCUT2D eigenvalue weighted by Crippen LogP contribution is 2.17. The predicted octanol–water partition coefficient (Wildman–Crippen LogP) is 2.69. The predicted molar refractivity (Wildman–Crippen MR) is 62.2 cm³/mol. The zero-order valence-electron chi connectivity index (χ0n) is 7.91.